The van der Waals surface area contributed by atoms with Gasteiger partial charge in [0.25, 0.3) is 0 Å². The Morgan fingerprint density at radius 2 is 1.67 bits per heavy atom. The lowest BCUT2D eigenvalue weighted by Crippen LogP contribution is -1.86. The summed E-state index contributed by atoms with van der Waals surface area (Å²) in [6, 6.07) is 0. The molecule has 0 saturated heterocycles. The number of hydrogen-bond acceptors (Lipinski definition) is 2. The van der Waals surface area contributed by atoms with Crippen LogP contribution in [-0.4, -0.2) is 0 Å². The third-order valence-electron chi connectivity index (χ3n) is 1.92. The molecule has 0 bridgehead atoms. The molecule has 0 heterocycles. The van der Waals surface area contributed by atoms with Gasteiger partial charge in [0.2, 0.25) is 0 Å². The molecule has 0 aromatic heterocycles. The topological polar surface area (TPSA) is 0 Å². The standard InChI is InChI=1S/C13H18S2/c1-5-13(9-8-12(4)15)10(2)6-7-11(3)14/h5-7,14-15H,2-4,8-9H2,1H3/b7-6-,13-5+. The molecule has 0 aliphatic heterocycles. The van der Waals surface area contributed by atoms with E-state index in [2.05, 4.69) is 51.1 Å². The van der Waals surface area contributed by atoms with Crippen LogP contribution in [-0.2, 0) is 0 Å². The molecule has 0 aromatic rings. The molecule has 0 aliphatic rings. The van der Waals surface area contributed by atoms with E-state index in [1.165, 1.54) is 5.57 Å². The predicted molar refractivity (Wildman–Crippen MR) is 77.5 cm³/mol. The van der Waals surface area contributed by atoms with Crippen molar-refractivity contribution in [2.24, 2.45) is 0 Å². The highest BCUT2D eigenvalue weighted by atomic mass is 32.1. The van der Waals surface area contributed by atoms with Crippen molar-refractivity contribution in [3.05, 3.63) is 58.9 Å². The molecule has 0 fully saturated rings. The molecule has 0 saturated carbocycles. The quantitative estimate of drug-likeness (QED) is 0.486. The SMILES string of the molecule is C=C(S)/C=C\C(=C)/C(=C/C)CCC(=C)S. The lowest BCUT2D eigenvalue weighted by Gasteiger charge is -2.06. The Labute approximate surface area is 104 Å². The lowest BCUT2D eigenvalue weighted by atomic mass is 10.0. The predicted octanol–water partition coefficient (Wildman–Crippen LogP) is 4.71. The van der Waals surface area contributed by atoms with E-state index >= 15 is 0 Å². The molecule has 0 aliphatic carbocycles. The monoisotopic (exact) mass is 238 g/mol. The van der Waals surface area contributed by atoms with Gasteiger partial charge < -0.3 is 0 Å². The first-order valence-electron chi connectivity index (χ1n) is 4.74. The first-order chi connectivity index (χ1) is 6.97. The van der Waals surface area contributed by atoms with Crippen LogP contribution in [0.15, 0.2) is 58.9 Å². The maximum Gasteiger partial charge on any atom is -0.00318 e. The maximum atomic E-state index is 4.17. The van der Waals surface area contributed by atoms with Gasteiger partial charge in [0.1, 0.15) is 0 Å². The van der Waals surface area contributed by atoms with Gasteiger partial charge in [-0.05, 0) is 46.8 Å². The van der Waals surface area contributed by atoms with E-state index in [1.807, 2.05) is 19.1 Å². The van der Waals surface area contributed by atoms with Gasteiger partial charge in [0.05, 0.1) is 0 Å². The van der Waals surface area contributed by atoms with E-state index in [9.17, 15) is 0 Å². The second kappa shape index (κ2) is 7.66. The van der Waals surface area contributed by atoms with Crippen molar-refractivity contribution < 1.29 is 0 Å². The first kappa shape index (κ1) is 14.4. The summed E-state index contributed by atoms with van der Waals surface area (Å²) < 4.78 is 0. The molecular formula is C13H18S2. The van der Waals surface area contributed by atoms with Crippen LogP contribution in [0.5, 0.6) is 0 Å². The van der Waals surface area contributed by atoms with E-state index < -0.39 is 0 Å². The van der Waals surface area contributed by atoms with Gasteiger partial charge in [-0.25, -0.2) is 0 Å². The van der Waals surface area contributed by atoms with Gasteiger partial charge in [-0.1, -0.05) is 31.9 Å². The van der Waals surface area contributed by atoms with Crippen LogP contribution >= 0.6 is 25.3 Å². The Kier molecular flexibility index (Phi) is 7.35. The Morgan fingerprint density at radius 1 is 1.07 bits per heavy atom. The fourth-order valence-corrected chi connectivity index (χ4v) is 1.26. The average Bonchev–Trinajstić information content (AvgIpc) is 2.15. The van der Waals surface area contributed by atoms with Crippen molar-refractivity contribution in [3.8, 4) is 0 Å². The van der Waals surface area contributed by atoms with E-state index in [0.29, 0.717) is 0 Å². The van der Waals surface area contributed by atoms with E-state index in [0.717, 1.165) is 28.2 Å². The molecule has 15 heavy (non-hydrogen) atoms. The van der Waals surface area contributed by atoms with Crippen LogP contribution in [0, 0.1) is 0 Å². The summed E-state index contributed by atoms with van der Waals surface area (Å²) in [6.07, 6.45) is 7.61. The molecule has 0 radical (unpaired) electrons. The van der Waals surface area contributed by atoms with Crippen molar-refractivity contribution in [2.75, 3.05) is 0 Å². The van der Waals surface area contributed by atoms with E-state index in [1.54, 1.807) is 0 Å². The van der Waals surface area contributed by atoms with Crippen LogP contribution in [0.3, 0.4) is 0 Å². The summed E-state index contributed by atoms with van der Waals surface area (Å²) in [6.45, 7) is 13.4. The van der Waals surface area contributed by atoms with Gasteiger partial charge >= 0.3 is 0 Å². The third kappa shape index (κ3) is 7.34. The molecule has 82 valence electrons. The minimum atomic E-state index is 0.727. The Bertz CT molecular complexity index is 319. The summed E-state index contributed by atoms with van der Waals surface area (Å²) in [5.74, 6) is 0. The molecule has 0 rings (SSSR count). The summed E-state index contributed by atoms with van der Waals surface area (Å²) in [5.41, 5.74) is 2.19. The van der Waals surface area contributed by atoms with Gasteiger partial charge in [0.15, 0.2) is 0 Å². The normalized spacial score (nSPS) is 11.8. The summed E-state index contributed by atoms with van der Waals surface area (Å²) >= 11 is 8.26. The van der Waals surface area contributed by atoms with Crippen LogP contribution in [0.2, 0.25) is 0 Å². The lowest BCUT2D eigenvalue weighted by molar-refractivity contribution is 0.984. The molecule has 0 unspecified atom stereocenters. The van der Waals surface area contributed by atoms with Gasteiger partial charge in [0, 0.05) is 0 Å². The van der Waals surface area contributed by atoms with Gasteiger partial charge in [-0.3, -0.25) is 0 Å². The molecule has 0 N–H and O–H groups in total. The van der Waals surface area contributed by atoms with Crippen molar-refractivity contribution in [2.45, 2.75) is 19.8 Å². The zero-order valence-electron chi connectivity index (χ0n) is 9.16. The maximum absolute atomic E-state index is 4.17. The Balaban J connectivity index is 4.37. The molecule has 0 spiro atoms. The third-order valence-corrected chi connectivity index (χ3v) is 2.29. The average molecular weight is 238 g/mol. The second-order valence-electron chi connectivity index (χ2n) is 3.23. The smallest absolute Gasteiger partial charge is 0.00318 e. The number of thiol groups is 2. The van der Waals surface area contributed by atoms with Crippen molar-refractivity contribution in [1.82, 2.24) is 0 Å². The van der Waals surface area contributed by atoms with Crippen LogP contribution in [0.4, 0.5) is 0 Å². The summed E-state index contributed by atoms with van der Waals surface area (Å²) in [7, 11) is 0. The summed E-state index contributed by atoms with van der Waals surface area (Å²) in [4.78, 5) is 1.62. The first-order valence-corrected chi connectivity index (χ1v) is 5.64. The van der Waals surface area contributed by atoms with Crippen molar-refractivity contribution >= 4 is 25.3 Å². The minimum absolute atomic E-state index is 0.727. The highest BCUT2D eigenvalue weighted by Crippen LogP contribution is 2.20. The van der Waals surface area contributed by atoms with Crippen LogP contribution in [0.25, 0.3) is 0 Å². The molecular weight excluding hydrogens is 220 g/mol. The number of hydrogen-bond donors (Lipinski definition) is 2. The zero-order chi connectivity index (χ0) is 11.8. The minimum Gasteiger partial charge on any atom is -0.148 e. The van der Waals surface area contributed by atoms with E-state index in [4.69, 9.17) is 0 Å². The van der Waals surface area contributed by atoms with Crippen molar-refractivity contribution in [1.29, 1.82) is 0 Å². The molecule has 0 nitrogen and oxygen atoms in total. The number of rotatable bonds is 6. The molecule has 0 aromatic carbocycles. The Hall–Kier alpha value is -0.600. The highest BCUT2D eigenvalue weighted by Gasteiger charge is 1.99. The van der Waals surface area contributed by atoms with Crippen molar-refractivity contribution in [3.63, 3.8) is 0 Å². The fourth-order valence-electron chi connectivity index (χ4n) is 1.07. The van der Waals surface area contributed by atoms with Gasteiger partial charge in [-0.2, -0.15) is 0 Å². The Morgan fingerprint density at radius 3 is 2.07 bits per heavy atom. The molecule has 0 amide bonds. The fraction of sp³-hybridized carbons (Fsp3) is 0.231. The summed E-state index contributed by atoms with van der Waals surface area (Å²) in [5, 5.41) is 0. The molecule has 0 atom stereocenters. The highest BCUT2D eigenvalue weighted by molar-refractivity contribution is 7.84. The van der Waals surface area contributed by atoms with E-state index in [-0.39, 0.29) is 0 Å². The van der Waals surface area contributed by atoms with Crippen LogP contribution < -0.4 is 0 Å². The van der Waals surface area contributed by atoms with Gasteiger partial charge in [-0.15, -0.1) is 25.3 Å². The second-order valence-corrected chi connectivity index (χ2v) is 4.44. The van der Waals surface area contributed by atoms with Crippen LogP contribution in [0.1, 0.15) is 19.8 Å². The largest absolute Gasteiger partial charge is 0.148 e. The number of allylic oxidation sites excluding steroid dienone is 6. The zero-order valence-corrected chi connectivity index (χ0v) is 11.0. The molecule has 2 heteroatoms.